The van der Waals surface area contributed by atoms with Crippen LogP contribution in [0.2, 0.25) is 0 Å². The first kappa shape index (κ1) is 21.2. The number of hydrogen-bond donors (Lipinski definition) is 0. The van der Waals surface area contributed by atoms with Crippen molar-refractivity contribution in [3.05, 3.63) is 29.3 Å². The molecule has 0 radical (unpaired) electrons. The molecule has 2 heterocycles. The molecule has 0 atom stereocenters. The third-order valence-electron chi connectivity index (χ3n) is 6.05. The smallest absolute Gasteiger partial charge is 0.444 e. The minimum atomic E-state index is -0.516. The maximum Gasteiger partial charge on any atom is 0.494 e. The third-order valence-corrected chi connectivity index (χ3v) is 6.05. The minimum Gasteiger partial charge on any atom is -0.444 e. The first-order valence-electron chi connectivity index (χ1n) is 10.1. The molecule has 154 valence electrons. The molecular weight excluding hydrogens is 353 g/mol. The number of rotatable bonds is 1. The van der Waals surface area contributed by atoms with Gasteiger partial charge in [0.25, 0.3) is 0 Å². The van der Waals surface area contributed by atoms with Gasteiger partial charge < -0.3 is 14.0 Å². The van der Waals surface area contributed by atoms with Crippen molar-refractivity contribution < 1.29 is 18.8 Å². The topological polar surface area (TPSA) is 48.0 Å². The fourth-order valence-corrected chi connectivity index (χ4v) is 3.67. The molecule has 0 spiro atoms. The van der Waals surface area contributed by atoms with Gasteiger partial charge in [-0.15, -0.1) is 0 Å². The Bertz CT molecular complexity index is 763. The Labute approximate surface area is 169 Å². The lowest BCUT2D eigenvalue weighted by atomic mass is 9.75. The van der Waals surface area contributed by atoms with Crippen LogP contribution in [-0.2, 0) is 27.0 Å². The van der Waals surface area contributed by atoms with Crippen LogP contribution in [0.15, 0.2) is 18.2 Å². The maximum atomic E-state index is 12.8. The molecule has 28 heavy (non-hydrogen) atoms. The van der Waals surface area contributed by atoms with Gasteiger partial charge in [-0.25, -0.2) is 4.79 Å². The van der Waals surface area contributed by atoms with E-state index in [2.05, 4.69) is 59.7 Å². The summed E-state index contributed by atoms with van der Waals surface area (Å²) in [5.41, 5.74) is 1.79. The Morgan fingerprint density at radius 3 is 2.14 bits per heavy atom. The number of amides is 1. The average Bonchev–Trinajstić information content (AvgIpc) is 2.71. The predicted molar refractivity (Wildman–Crippen MR) is 112 cm³/mol. The molecular formula is C22H34BNO4. The van der Waals surface area contributed by atoms with Crippen molar-refractivity contribution in [3.8, 4) is 0 Å². The molecule has 0 aliphatic carbocycles. The van der Waals surface area contributed by atoms with E-state index in [0.717, 1.165) is 17.4 Å². The van der Waals surface area contributed by atoms with E-state index in [0.29, 0.717) is 6.54 Å². The molecule has 5 nitrogen and oxygen atoms in total. The SMILES string of the molecule is CC(C)(C)OC(=O)N1Cc2cc(B3OC(C)(C)C(C)(C)O3)ccc2CC1(C)C. The Balaban J connectivity index is 1.87. The highest BCUT2D eigenvalue weighted by atomic mass is 16.7. The van der Waals surface area contributed by atoms with Crippen molar-refractivity contribution in [1.82, 2.24) is 4.90 Å². The van der Waals surface area contributed by atoms with Crippen LogP contribution in [0.1, 0.15) is 73.4 Å². The van der Waals surface area contributed by atoms with Gasteiger partial charge in [-0.05, 0) is 85.3 Å². The molecule has 0 N–H and O–H groups in total. The number of carbonyl (C=O) groups is 1. The van der Waals surface area contributed by atoms with Gasteiger partial charge in [-0.1, -0.05) is 18.2 Å². The van der Waals surface area contributed by atoms with Crippen LogP contribution in [-0.4, -0.2) is 40.5 Å². The highest BCUT2D eigenvalue weighted by Gasteiger charge is 2.52. The summed E-state index contributed by atoms with van der Waals surface area (Å²) in [5.74, 6) is 0. The van der Waals surface area contributed by atoms with E-state index in [1.807, 2.05) is 25.7 Å². The van der Waals surface area contributed by atoms with Gasteiger partial charge in [-0.3, -0.25) is 4.90 Å². The lowest BCUT2D eigenvalue weighted by molar-refractivity contribution is -0.00252. The molecule has 1 aromatic rings. The van der Waals surface area contributed by atoms with Gasteiger partial charge >= 0.3 is 13.2 Å². The number of ether oxygens (including phenoxy) is 1. The summed E-state index contributed by atoms with van der Waals surface area (Å²) in [6.45, 7) is 18.6. The Morgan fingerprint density at radius 2 is 1.61 bits per heavy atom. The summed E-state index contributed by atoms with van der Waals surface area (Å²) in [4.78, 5) is 14.6. The fraction of sp³-hybridized carbons (Fsp3) is 0.682. The van der Waals surface area contributed by atoms with Gasteiger partial charge in [-0.2, -0.15) is 0 Å². The van der Waals surface area contributed by atoms with Gasteiger partial charge in [0.2, 0.25) is 0 Å². The van der Waals surface area contributed by atoms with E-state index < -0.39 is 12.7 Å². The van der Waals surface area contributed by atoms with Gasteiger partial charge in [0, 0.05) is 12.1 Å². The molecule has 0 bridgehead atoms. The van der Waals surface area contributed by atoms with E-state index in [1.165, 1.54) is 5.56 Å². The highest BCUT2D eigenvalue weighted by Crippen LogP contribution is 2.37. The predicted octanol–water partition coefficient (Wildman–Crippen LogP) is 4.06. The largest absolute Gasteiger partial charge is 0.494 e. The summed E-state index contributed by atoms with van der Waals surface area (Å²) in [5, 5.41) is 0. The summed E-state index contributed by atoms with van der Waals surface area (Å²) < 4.78 is 18.0. The van der Waals surface area contributed by atoms with Gasteiger partial charge in [0.15, 0.2) is 0 Å². The van der Waals surface area contributed by atoms with Gasteiger partial charge in [0.05, 0.1) is 11.2 Å². The molecule has 1 saturated heterocycles. The molecule has 6 heteroatoms. The molecule has 0 unspecified atom stereocenters. The first-order chi connectivity index (χ1) is 12.6. The zero-order chi connectivity index (χ0) is 21.1. The first-order valence-corrected chi connectivity index (χ1v) is 10.1. The van der Waals surface area contributed by atoms with E-state index in [-0.39, 0.29) is 22.8 Å². The number of hydrogen-bond acceptors (Lipinski definition) is 4. The average molecular weight is 387 g/mol. The quantitative estimate of drug-likeness (QED) is 0.682. The lowest BCUT2D eigenvalue weighted by Crippen LogP contribution is -2.53. The zero-order valence-electron chi connectivity index (χ0n) is 18.8. The molecule has 2 aliphatic rings. The normalized spacial score (nSPS) is 22.8. The van der Waals surface area contributed by atoms with E-state index in [9.17, 15) is 4.79 Å². The Morgan fingerprint density at radius 1 is 1.04 bits per heavy atom. The zero-order valence-corrected chi connectivity index (χ0v) is 18.8. The monoisotopic (exact) mass is 387 g/mol. The fourth-order valence-electron chi connectivity index (χ4n) is 3.67. The molecule has 3 rings (SSSR count). The number of fused-ring (bicyclic) bond motifs is 1. The van der Waals surface area contributed by atoms with Crippen LogP contribution in [0.25, 0.3) is 0 Å². The molecule has 1 aromatic carbocycles. The molecule has 1 amide bonds. The lowest BCUT2D eigenvalue weighted by Gasteiger charge is -2.43. The summed E-state index contributed by atoms with van der Waals surface area (Å²) in [6.07, 6.45) is 0.509. The van der Waals surface area contributed by atoms with Crippen LogP contribution >= 0.6 is 0 Å². The second kappa shape index (κ2) is 6.49. The van der Waals surface area contributed by atoms with Crippen molar-refractivity contribution in [3.63, 3.8) is 0 Å². The van der Waals surface area contributed by atoms with Crippen LogP contribution < -0.4 is 5.46 Å². The second-order valence-corrected chi connectivity index (χ2v) is 10.7. The number of benzene rings is 1. The third kappa shape index (κ3) is 3.94. The van der Waals surface area contributed by atoms with Crippen molar-refractivity contribution >= 4 is 18.7 Å². The van der Waals surface area contributed by atoms with Crippen LogP contribution in [0.3, 0.4) is 0 Å². The molecule has 1 fully saturated rings. The van der Waals surface area contributed by atoms with Crippen LogP contribution in [0.4, 0.5) is 4.79 Å². The van der Waals surface area contributed by atoms with Crippen molar-refractivity contribution in [2.24, 2.45) is 0 Å². The van der Waals surface area contributed by atoms with E-state index >= 15 is 0 Å². The Hall–Kier alpha value is -1.53. The summed E-state index contributed by atoms with van der Waals surface area (Å²) in [7, 11) is -0.403. The Kier molecular flexibility index (Phi) is 4.91. The molecule has 0 aromatic heterocycles. The van der Waals surface area contributed by atoms with E-state index in [4.69, 9.17) is 14.0 Å². The van der Waals surface area contributed by atoms with E-state index in [1.54, 1.807) is 0 Å². The summed E-state index contributed by atoms with van der Waals surface area (Å²) in [6, 6.07) is 6.34. The summed E-state index contributed by atoms with van der Waals surface area (Å²) >= 11 is 0. The minimum absolute atomic E-state index is 0.274. The highest BCUT2D eigenvalue weighted by molar-refractivity contribution is 6.62. The maximum absolute atomic E-state index is 12.8. The molecule has 2 aliphatic heterocycles. The van der Waals surface area contributed by atoms with Gasteiger partial charge in [0.1, 0.15) is 5.60 Å². The van der Waals surface area contributed by atoms with Crippen LogP contribution in [0.5, 0.6) is 0 Å². The number of nitrogens with zero attached hydrogens (tertiary/aromatic N) is 1. The second-order valence-electron chi connectivity index (χ2n) is 10.7. The van der Waals surface area contributed by atoms with Crippen molar-refractivity contribution in [1.29, 1.82) is 0 Å². The standard InChI is InChI=1S/C22H34BNO4/c1-19(2,3)26-18(25)24-14-16-12-17(11-10-15(16)13-20(24,4)5)23-27-21(6,7)22(8,9)28-23/h10-12H,13-14H2,1-9H3. The molecule has 0 saturated carbocycles. The van der Waals surface area contributed by atoms with Crippen LogP contribution in [0, 0.1) is 0 Å². The van der Waals surface area contributed by atoms with Crippen molar-refractivity contribution in [2.75, 3.05) is 0 Å². The van der Waals surface area contributed by atoms with Crippen molar-refractivity contribution in [2.45, 2.75) is 97.6 Å². The number of carbonyl (C=O) groups excluding carboxylic acids is 1.